The molecule has 0 amide bonds. The van der Waals surface area contributed by atoms with Crippen LogP contribution in [0.5, 0.6) is 0 Å². The van der Waals surface area contributed by atoms with Gasteiger partial charge in [-0.25, -0.2) is 4.98 Å². The molecule has 0 radical (unpaired) electrons. The van der Waals surface area contributed by atoms with Crippen molar-refractivity contribution in [3.63, 3.8) is 0 Å². The van der Waals surface area contributed by atoms with E-state index in [0.717, 1.165) is 29.1 Å². The quantitative estimate of drug-likeness (QED) is 0.512. The van der Waals surface area contributed by atoms with Crippen LogP contribution < -0.4 is 4.90 Å². The zero-order valence-electron chi connectivity index (χ0n) is 15.6. The SMILES string of the molecule is CCN(CC)c1nc(Cl)nc2sc(C)c(-c3ccc4c(c3)CCCC4)c12. The van der Waals surface area contributed by atoms with E-state index < -0.39 is 0 Å². The van der Waals surface area contributed by atoms with E-state index >= 15 is 0 Å². The predicted octanol–water partition coefficient (Wildman–Crippen LogP) is 6.05. The number of benzene rings is 1. The van der Waals surface area contributed by atoms with Crippen LogP contribution >= 0.6 is 22.9 Å². The number of halogens is 1. The van der Waals surface area contributed by atoms with Crippen LogP contribution in [0.2, 0.25) is 5.28 Å². The summed E-state index contributed by atoms with van der Waals surface area (Å²) in [7, 11) is 0. The molecule has 2 aromatic heterocycles. The van der Waals surface area contributed by atoms with Crippen LogP contribution in [0.25, 0.3) is 21.3 Å². The van der Waals surface area contributed by atoms with Crippen LogP contribution in [0.1, 0.15) is 42.7 Å². The second kappa shape index (κ2) is 7.16. The summed E-state index contributed by atoms with van der Waals surface area (Å²) in [4.78, 5) is 13.7. The number of hydrogen-bond acceptors (Lipinski definition) is 4. The molecular formula is C21H24ClN3S. The summed E-state index contributed by atoms with van der Waals surface area (Å²) in [6.45, 7) is 8.29. The summed E-state index contributed by atoms with van der Waals surface area (Å²) in [6.07, 6.45) is 5.01. The lowest BCUT2D eigenvalue weighted by molar-refractivity contribution is 0.686. The fourth-order valence-corrected chi connectivity index (χ4v) is 5.31. The van der Waals surface area contributed by atoms with Crippen molar-refractivity contribution in [2.45, 2.75) is 46.5 Å². The van der Waals surface area contributed by atoms with Crippen molar-refractivity contribution < 1.29 is 0 Å². The molecule has 0 unspecified atom stereocenters. The summed E-state index contributed by atoms with van der Waals surface area (Å²) < 4.78 is 0. The maximum Gasteiger partial charge on any atom is 0.225 e. The molecule has 0 fully saturated rings. The smallest absolute Gasteiger partial charge is 0.225 e. The van der Waals surface area contributed by atoms with E-state index in [-0.39, 0.29) is 0 Å². The zero-order valence-corrected chi connectivity index (χ0v) is 17.2. The highest BCUT2D eigenvalue weighted by molar-refractivity contribution is 7.19. The van der Waals surface area contributed by atoms with E-state index in [0.29, 0.717) is 5.28 Å². The van der Waals surface area contributed by atoms with Crippen molar-refractivity contribution in [2.75, 3.05) is 18.0 Å². The lowest BCUT2D eigenvalue weighted by Gasteiger charge is -2.22. The summed E-state index contributed by atoms with van der Waals surface area (Å²) in [6, 6.07) is 6.99. The standard InChI is InChI=1S/C21H24ClN3S/c1-4-25(5-2)19-18-17(13(3)26-20(18)24-21(22)23-19)16-11-10-14-8-6-7-9-15(14)12-16/h10-12H,4-9H2,1-3H3. The molecule has 0 bridgehead atoms. The van der Waals surface area contributed by atoms with Gasteiger partial charge in [-0.05, 0) is 74.7 Å². The Balaban J connectivity index is 1.96. The molecule has 1 aliphatic rings. The molecule has 0 N–H and O–H groups in total. The average molecular weight is 386 g/mol. The third-order valence-corrected chi connectivity index (χ3v) is 6.55. The third kappa shape index (κ3) is 2.99. The maximum absolute atomic E-state index is 6.24. The molecule has 2 heterocycles. The maximum atomic E-state index is 6.24. The average Bonchev–Trinajstić information content (AvgIpc) is 2.97. The van der Waals surface area contributed by atoms with Crippen molar-refractivity contribution in [3.8, 4) is 11.1 Å². The molecule has 4 rings (SSSR count). The second-order valence-corrected chi connectivity index (χ2v) is 8.43. The fraction of sp³-hybridized carbons (Fsp3) is 0.429. The van der Waals surface area contributed by atoms with Crippen LogP contribution in [0.4, 0.5) is 5.82 Å². The van der Waals surface area contributed by atoms with Gasteiger partial charge in [-0.2, -0.15) is 4.98 Å². The third-order valence-electron chi connectivity index (χ3n) is 5.38. The summed E-state index contributed by atoms with van der Waals surface area (Å²) in [5, 5.41) is 1.48. The fourth-order valence-electron chi connectivity index (χ4n) is 4.06. The number of nitrogens with zero attached hydrogens (tertiary/aromatic N) is 3. The number of fused-ring (bicyclic) bond motifs is 2. The molecule has 3 aromatic rings. The Labute approximate surface area is 164 Å². The Morgan fingerprint density at radius 2 is 1.81 bits per heavy atom. The van der Waals surface area contributed by atoms with Crippen LogP contribution in [0, 0.1) is 6.92 Å². The van der Waals surface area contributed by atoms with Gasteiger partial charge < -0.3 is 4.90 Å². The van der Waals surface area contributed by atoms with Gasteiger partial charge in [0.15, 0.2) is 0 Å². The summed E-state index contributed by atoms with van der Waals surface area (Å²) >= 11 is 7.96. The number of hydrogen-bond donors (Lipinski definition) is 0. The van der Waals surface area contributed by atoms with Gasteiger partial charge in [-0.15, -0.1) is 11.3 Å². The number of thiophene rings is 1. The number of aromatic nitrogens is 2. The van der Waals surface area contributed by atoms with E-state index in [4.69, 9.17) is 11.6 Å². The first kappa shape index (κ1) is 17.7. The van der Waals surface area contributed by atoms with Crippen molar-refractivity contribution >= 4 is 39.0 Å². The van der Waals surface area contributed by atoms with E-state index in [2.05, 4.69) is 53.8 Å². The molecule has 0 saturated heterocycles. The largest absolute Gasteiger partial charge is 0.356 e. The highest BCUT2D eigenvalue weighted by atomic mass is 35.5. The predicted molar refractivity (Wildman–Crippen MR) is 113 cm³/mol. The van der Waals surface area contributed by atoms with Crippen LogP contribution in [0.15, 0.2) is 18.2 Å². The monoisotopic (exact) mass is 385 g/mol. The van der Waals surface area contributed by atoms with Crippen molar-refractivity contribution in [2.24, 2.45) is 0 Å². The van der Waals surface area contributed by atoms with Crippen LogP contribution in [-0.4, -0.2) is 23.1 Å². The van der Waals surface area contributed by atoms with E-state index in [9.17, 15) is 0 Å². The summed E-state index contributed by atoms with van der Waals surface area (Å²) in [5.74, 6) is 0.960. The molecule has 0 aliphatic heterocycles. The first-order valence-corrected chi connectivity index (χ1v) is 10.7. The van der Waals surface area contributed by atoms with Crippen molar-refractivity contribution in [3.05, 3.63) is 39.5 Å². The minimum atomic E-state index is 0.331. The summed E-state index contributed by atoms with van der Waals surface area (Å²) in [5.41, 5.74) is 5.58. The highest BCUT2D eigenvalue weighted by Gasteiger charge is 2.21. The van der Waals surface area contributed by atoms with Crippen LogP contribution in [0.3, 0.4) is 0 Å². The minimum Gasteiger partial charge on any atom is -0.356 e. The van der Waals surface area contributed by atoms with E-state index in [1.54, 1.807) is 11.3 Å². The van der Waals surface area contributed by atoms with Gasteiger partial charge in [0.25, 0.3) is 0 Å². The van der Waals surface area contributed by atoms with Crippen molar-refractivity contribution in [1.82, 2.24) is 9.97 Å². The molecule has 0 atom stereocenters. The zero-order chi connectivity index (χ0) is 18.3. The highest BCUT2D eigenvalue weighted by Crippen LogP contribution is 2.43. The molecular weight excluding hydrogens is 362 g/mol. The Morgan fingerprint density at radius 1 is 1.08 bits per heavy atom. The van der Waals surface area contributed by atoms with Gasteiger partial charge in [-0.3, -0.25) is 0 Å². The first-order valence-electron chi connectivity index (χ1n) is 9.46. The molecule has 5 heteroatoms. The van der Waals surface area contributed by atoms with Gasteiger partial charge in [0, 0.05) is 23.5 Å². The van der Waals surface area contributed by atoms with E-state index in [1.807, 2.05) is 0 Å². The van der Waals surface area contributed by atoms with Gasteiger partial charge in [0.2, 0.25) is 5.28 Å². The molecule has 3 nitrogen and oxygen atoms in total. The molecule has 26 heavy (non-hydrogen) atoms. The van der Waals surface area contributed by atoms with Gasteiger partial charge in [0.05, 0.1) is 5.39 Å². The number of aryl methyl sites for hydroxylation is 3. The molecule has 136 valence electrons. The first-order chi connectivity index (χ1) is 12.6. The molecule has 0 saturated carbocycles. The Kier molecular flexibility index (Phi) is 4.89. The topological polar surface area (TPSA) is 29.0 Å². The molecule has 1 aliphatic carbocycles. The van der Waals surface area contributed by atoms with Gasteiger partial charge in [0.1, 0.15) is 10.6 Å². The Morgan fingerprint density at radius 3 is 2.54 bits per heavy atom. The normalized spacial score (nSPS) is 13.8. The Bertz CT molecular complexity index is 960. The molecule has 1 aromatic carbocycles. The van der Waals surface area contributed by atoms with Gasteiger partial charge >= 0.3 is 0 Å². The van der Waals surface area contributed by atoms with E-state index in [1.165, 1.54) is 52.8 Å². The minimum absolute atomic E-state index is 0.331. The van der Waals surface area contributed by atoms with Gasteiger partial charge in [-0.1, -0.05) is 18.2 Å². The number of rotatable bonds is 4. The van der Waals surface area contributed by atoms with Crippen molar-refractivity contribution in [1.29, 1.82) is 0 Å². The van der Waals surface area contributed by atoms with Crippen LogP contribution in [-0.2, 0) is 12.8 Å². The molecule has 0 spiro atoms. The lowest BCUT2D eigenvalue weighted by atomic mass is 9.89. The second-order valence-electron chi connectivity index (χ2n) is 6.89. The Hall–Kier alpha value is -1.65. The number of anilines is 1. The lowest BCUT2D eigenvalue weighted by Crippen LogP contribution is -2.23.